The van der Waals surface area contributed by atoms with Crippen molar-refractivity contribution in [1.82, 2.24) is 0 Å². The van der Waals surface area contributed by atoms with Gasteiger partial charge in [-0.3, -0.25) is 0 Å². The van der Waals surface area contributed by atoms with Crippen LogP contribution in [-0.4, -0.2) is 22.4 Å². The van der Waals surface area contributed by atoms with Crippen LogP contribution in [0.5, 0.6) is 0 Å². The van der Waals surface area contributed by atoms with E-state index in [1.165, 1.54) is 6.07 Å². The van der Waals surface area contributed by atoms with Crippen LogP contribution in [0.1, 0.15) is 0 Å². The Kier molecular flexibility index (Phi) is 2.35. The minimum atomic E-state index is -4.87. The van der Waals surface area contributed by atoms with Crippen LogP contribution in [0.4, 0.5) is 5.69 Å². The van der Waals surface area contributed by atoms with E-state index in [1.54, 1.807) is 30.3 Å². The summed E-state index contributed by atoms with van der Waals surface area (Å²) >= 11 is -4.87. The van der Waals surface area contributed by atoms with Crippen molar-refractivity contribution in [2.24, 2.45) is 0 Å². The molecule has 5 heteroatoms. The summed E-state index contributed by atoms with van der Waals surface area (Å²) in [6.45, 7) is 0. The minimum absolute atomic E-state index is 0.0814. The zero-order valence-corrected chi connectivity index (χ0v) is 9.67. The third-order valence-electron chi connectivity index (χ3n) is 2.25. The standard InChI is InChI=1S/C10H10AsNO3/c12-10-6-2-3-7-8(10)4-1-5-9(7)11(13,14)15/h1-6H,12H2,(H2,13,14,15). The first-order valence-corrected chi connectivity index (χ1v) is 7.72. The number of nitrogens with two attached hydrogens (primary N) is 1. The molecule has 0 unspecified atom stereocenters. The maximum absolute atomic E-state index is 11.3. The van der Waals surface area contributed by atoms with Crippen molar-refractivity contribution >= 4 is 35.0 Å². The molecular formula is C10H10AsNO3. The number of anilines is 1. The summed E-state index contributed by atoms with van der Waals surface area (Å²) in [5, 5.41) is 1.21. The Morgan fingerprint density at radius 3 is 2.27 bits per heavy atom. The molecule has 2 rings (SSSR count). The molecule has 0 aliphatic carbocycles. The Morgan fingerprint density at radius 2 is 1.60 bits per heavy atom. The van der Waals surface area contributed by atoms with Crippen molar-refractivity contribution in [3.8, 4) is 0 Å². The molecule has 0 spiro atoms. The molecule has 2 aromatic carbocycles. The molecule has 0 atom stereocenters. The Morgan fingerprint density at radius 1 is 1.00 bits per heavy atom. The van der Waals surface area contributed by atoms with Gasteiger partial charge < -0.3 is 0 Å². The molecule has 4 nitrogen and oxygen atoms in total. The fraction of sp³-hybridized carbons (Fsp3) is 0. The van der Waals surface area contributed by atoms with Gasteiger partial charge in [-0.2, -0.15) is 0 Å². The molecule has 0 aromatic heterocycles. The topological polar surface area (TPSA) is 83.6 Å². The molecule has 15 heavy (non-hydrogen) atoms. The van der Waals surface area contributed by atoms with Gasteiger partial charge in [0.1, 0.15) is 0 Å². The number of hydrogen-bond donors (Lipinski definition) is 3. The van der Waals surface area contributed by atoms with Gasteiger partial charge >= 0.3 is 89.0 Å². The van der Waals surface area contributed by atoms with Gasteiger partial charge in [-0.15, -0.1) is 0 Å². The van der Waals surface area contributed by atoms with Crippen molar-refractivity contribution in [2.75, 3.05) is 5.73 Å². The van der Waals surface area contributed by atoms with Crippen LogP contribution in [-0.2, 0) is 3.74 Å². The van der Waals surface area contributed by atoms with E-state index in [1.807, 2.05) is 0 Å². The monoisotopic (exact) mass is 267 g/mol. The fourth-order valence-corrected chi connectivity index (χ4v) is 3.23. The third-order valence-corrected chi connectivity index (χ3v) is 4.38. The van der Waals surface area contributed by atoms with Crippen molar-refractivity contribution in [1.29, 1.82) is 0 Å². The number of fused-ring (bicyclic) bond motifs is 1. The molecular weight excluding hydrogens is 257 g/mol. The number of nitrogen functional groups attached to an aromatic ring is 1. The van der Waals surface area contributed by atoms with E-state index in [9.17, 15) is 11.9 Å². The first kappa shape index (κ1) is 10.3. The van der Waals surface area contributed by atoms with Gasteiger partial charge in [0, 0.05) is 0 Å². The second kappa shape index (κ2) is 3.42. The van der Waals surface area contributed by atoms with Crippen LogP contribution in [0.2, 0.25) is 0 Å². The van der Waals surface area contributed by atoms with Crippen molar-refractivity contribution < 1.29 is 11.9 Å². The van der Waals surface area contributed by atoms with Crippen LogP contribution in [0, 0.1) is 0 Å². The quantitative estimate of drug-likeness (QED) is 0.501. The Bertz CT molecular complexity index is 562. The normalized spacial score (nSPS) is 11.9. The van der Waals surface area contributed by atoms with Crippen molar-refractivity contribution in [3.05, 3.63) is 36.4 Å². The molecule has 0 heterocycles. The maximum atomic E-state index is 11.3. The van der Waals surface area contributed by atoms with Gasteiger partial charge in [-0.1, -0.05) is 0 Å². The van der Waals surface area contributed by atoms with E-state index >= 15 is 0 Å². The Balaban J connectivity index is 2.89. The SMILES string of the molecule is Nc1cccc2c([As](=O)(O)O)cccc12. The van der Waals surface area contributed by atoms with E-state index in [-0.39, 0.29) is 4.35 Å². The summed E-state index contributed by atoms with van der Waals surface area (Å²) in [5.41, 5.74) is 6.25. The predicted molar refractivity (Wildman–Crippen MR) is 58.9 cm³/mol. The Labute approximate surface area is 89.3 Å². The summed E-state index contributed by atoms with van der Waals surface area (Å²) in [6, 6.07) is 9.86. The molecule has 78 valence electrons. The zero-order chi connectivity index (χ0) is 11.1. The number of hydrogen-bond acceptors (Lipinski definition) is 2. The van der Waals surface area contributed by atoms with E-state index < -0.39 is 14.2 Å². The zero-order valence-electron chi connectivity index (χ0n) is 7.79. The molecule has 4 N–H and O–H groups in total. The van der Waals surface area contributed by atoms with E-state index in [2.05, 4.69) is 0 Å². The average Bonchev–Trinajstić information content (AvgIpc) is 2.16. The third kappa shape index (κ3) is 1.79. The van der Waals surface area contributed by atoms with Gasteiger partial charge in [0.25, 0.3) is 0 Å². The fourth-order valence-electron chi connectivity index (χ4n) is 1.57. The van der Waals surface area contributed by atoms with Gasteiger partial charge in [-0.05, 0) is 0 Å². The molecule has 0 fully saturated rings. The second-order valence-electron chi connectivity index (χ2n) is 3.26. The van der Waals surface area contributed by atoms with Crippen LogP contribution in [0.15, 0.2) is 36.4 Å². The molecule has 0 radical (unpaired) electrons. The predicted octanol–water partition coefficient (Wildman–Crippen LogP) is -0.0170. The summed E-state index contributed by atoms with van der Waals surface area (Å²) in [6.07, 6.45) is 0. The second-order valence-corrected chi connectivity index (χ2v) is 6.56. The van der Waals surface area contributed by atoms with Gasteiger partial charge in [-0.25, -0.2) is 0 Å². The first-order valence-electron chi connectivity index (χ1n) is 4.33. The summed E-state index contributed by atoms with van der Waals surface area (Å²) in [4.78, 5) is 0. The molecule has 0 bridgehead atoms. The van der Waals surface area contributed by atoms with Crippen LogP contribution in [0.3, 0.4) is 0 Å². The summed E-state index contributed by atoms with van der Waals surface area (Å²) in [5.74, 6) is 0. The molecule has 0 aliphatic heterocycles. The average molecular weight is 267 g/mol. The molecule has 2 aromatic rings. The van der Waals surface area contributed by atoms with Crippen LogP contribution < -0.4 is 10.1 Å². The van der Waals surface area contributed by atoms with E-state index in [4.69, 9.17) is 5.73 Å². The Hall–Kier alpha value is -1.22. The van der Waals surface area contributed by atoms with Crippen LogP contribution >= 0.6 is 0 Å². The molecule has 0 amide bonds. The van der Waals surface area contributed by atoms with Crippen molar-refractivity contribution in [2.45, 2.75) is 0 Å². The molecule has 0 saturated carbocycles. The van der Waals surface area contributed by atoms with E-state index in [0.29, 0.717) is 16.5 Å². The number of benzene rings is 2. The van der Waals surface area contributed by atoms with Gasteiger partial charge in [0.2, 0.25) is 0 Å². The van der Waals surface area contributed by atoms with Crippen molar-refractivity contribution in [3.63, 3.8) is 0 Å². The van der Waals surface area contributed by atoms with Gasteiger partial charge in [0.05, 0.1) is 0 Å². The first-order chi connectivity index (χ1) is 7.00. The number of rotatable bonds is 1. The molecule has 0 aliphatic rings. The summed E-state index contributed by atoms with van der Waals surface area (Å²) in [7, 11) is 0. The van der Waals surface area contributed by atoms with Gasteiger partial charge in [0.15, 0.2) is 0 Å². The van der Waals surface area contributed by atoms with E-state index in [0.717, 1.165) is 0 Å². The molecule has 0 saturated heterocycles. The van der Waals surface area contributed by atoms with Crippen LogP contribution in [0.25, 0.3) is 10.8 Å². The summed E-state index contributed by atoms with van der Waals surface area (Å²) < 4.78 is 29.8.